The van der Waals surface area contributed by atoms with E-state index in [9.17, 15) is 17.2 Å². The summed E-state index contributed by atoms with van der Waals surface area (Å²) in [6, 6.07) is 3.82. The lowest BCUT2D eigenvalue weighted by Gasteiger charge is -2.09. The van der Waals surface area contributed by atoms with Gasteiger partial charge in [-0.3, -0.25) is 0 Å². The summed E-state index contributed by atoms with van der Waals surface area (Å²) in [5.74, 6) is 0.681. The molecule has 0 aliphatic rings. The van der Waals surface area contributed by atoms with Crippen LogP contribution < -0.4 is 0 Å². The number of hydrogen-bond acceptors (Lipinski definition) is 3. The van der Waals surface area contributed by atoms with Gasteiger partial charge in [0.2, 0.25) is 0 Å². The van der Waals surface area contributed by atoms with Gasteiger partial charge in [0, 0.05) is 29.6 Å². The molecule has 0 saturated carbocycles. The molecule has 0 N–H and O–H groups in total. The van der Waals surface area contributed by atoms with E-state index in [2.05, 4.69) is 4.98 Å². The molecule has 1 heterocycles. The van der Waals surface area contributed by atoms with Gasteiger partial charge in [0.25, 0.3) is 9.84 Å². The van der Waals surface area contributed by atoms with E-state index in [-0.39, 0.29) is 0 Å². The quantitative estimate of drug-likeness (QED) is 0.589. The maximum atomic E-state index is 13.0. The minimum absolute atomic E-state index is 0.386. The molecule has 0 fully saturated rings. The highest BCUT2D eigenvalue weighted by atomic mass is 127. The first-order valence-corrected chi connectivity index (χ1v) is 7.45. The zero-order valence-electron chi connectivity index (χ0n) is 9.49. The highest BCUT2D eigenvalue weighted by Gasteiger charge is 2.43. The molecule has 1 aromatic heterocycles. The van der Waals surface area contributed by atoms with Crippen molar-refractivity contribution >= 4 is 43.5 Å². The van der Waals surface area contributed by atoms with Crippen molar-refractivity contribution in [2.75, 3.05) is 0 Å². The third kappa shape index (κ3) is 2.00. The van der Waals surface area contributed by atoms with Crippen LogP contribution in [0.15, 0.2) is 23.1 Å². The third-order valence-electron chi connectivity index (χ3n) is 2.69. The molecule has 18 heavy (non-hydrogen) atoms. The number of nitrogens with zero attached hydrogens (tertiary/aromatic N) is 2. The largest absolute Gasteiger partial charge is 0.398 e. The summed E-state index contributed by atoms with van der Waals surface area (Å²) in [5, 5.41) is 0. The van der Waals surface area contributed by atoms with Gasteiger partial charge in [-0.2, -0.15) is 8.78 Å². The van der Waals surface area contributed by atoms with Gasteiger partial charge in [0.05, 0.1) is 15.9 Å². The molecule has 0 spiro atoms. The van der Waals surface area contributed by atoms with Gasteiger partial charge in [-0.15, -0.1) is 0 Å². The van der Waals surface area contributed by atoms with Crippen LogP contribution in [0.3, 0.4) is 0 Å². The van der Waals surface area contributed by atoms with Crippen LogP contribution >= 0.6 is 22.6 Å². The van der Waals surface area contributed by atoms with Crippen LogP contribution in [-0.4, -0.2) is 21.2 Å². The van der Waals surface area contributed by atoms with E-state index >= 15 is 0 Å². The second kappa shape index (κ2) is 4.12. The fourth-order valence-corrected chi connectivity index (χ4v) is 3.14. The van der Waals surface area contributed by atoms with Gasteiger partial charge in [-0.1, -0.05) is 0 Å². The van der Waals surface area contributed by atoms with Gasteiger partial charge in [0.1, 0.15) is 5.82 Å². The van der Waals surface area contributed by atoms with Crippen molar-refractivity contribution < 1.29 is 17.2 Å². The SMILES string of the molecule is Cc1nc2cc(S(=O)(=O)C(F)(F)I)ccc2n1C. The van der Waals surface area contributed by atoms with Crippen LogP contribution in [0.2, 0.25) is 0 Å². The van der Waals surface area contributed by atoms with Crippen LogP contribution in [0.4, 0.5) is 8.78 Å². The Balaban J connectivity index is 2.69. The van der Waals surface area contributed by atoms with Gasteiger partial charge in [-0.05, 0) is 25.1 Å². The molecule has 0 radical (unpaired) electrons. The maximum Gasteiger partial charge on any atom is 0.398 e. The summed E-state index contributed by atoms with van der Waals surface area (Å²) in [4.78, 5) is 3.70. The van der Waals surface area contributed by atoms with E-state index in [4.69, 9.17) is 0 Å². The molecule has 98 valence electrons. The number of hydrogen-bond donors (Lipinski definition) is 0. The van der Waals surface area contributed by atoms with Crippen molar-refractivity contribution in [2.45, 2.75) is 15.1 Å². The molecule has 0 unspecified atom stereocenters. The summed E-state index contributed by atoms with van der Waals surface area (Å²) in [7, 11) is -2.90. The summed E-state index contributed by atoms with van der Waals surface area (Å²) < 4.78 is 47.2. The number of sulfone groups is 1. The van der Waals surface area contributed by atoms with Gasteiger partial charge < -0.3 is 4.57 Å². The Labute approximate surface area is 116 Å². The van der Waals surface area contributed by atoms with Crippen LogP contribution in [-0.2, 0) is 16.9 Å². The fourth-order valence-electron chi connectivity index (χ4n) is 1.60. The smallest absolute Gasteiger partial charge is 0.331 e. The minimum atomic E-state index is -4.67. The number of alkyl halides is 3. The first-order valence-electron chi connectivity index (χ1n) is 4.89. The lowest BCUT2D eigenvalue weighted by Crippen LogP contribution is -2.21. The average Bonchev–Trinajstić information content (AvgIpc) is 2.53. The molecule has 8 heteroatoms. The number of halogens is 3. The van der Waals surface area contributed by atoms with E-state index < -0.39 is 18.0 Å². The number of imidazole rings is 1. The topological polar surface area (TPSA) is 52.0 Å². The van der Waals surface area contributed by atoms with Crippen molar-refractivity contribution in [3.63, 3.8) is 0 Å². The number of rotatable bonds is 2. The molecule has 1 aromatic carbocycles. The van der Waals surface area contributed by atoms with Crippen LogP contribution in [0.5, 0.6) is 0 Å². The lowest BCUT2D eigenvalue weighted by atomic mass is 10.3. The summed E-state index contributed by atoms with van der Waals surface area (Å²) in [5.41, 5.74) is 1.08. The average molecular weight is 386 g/mol. The highest BCUT2D eigenvalue weighted by Crippen LogP contribution is 2.35. The number of benzene rings is 1. The lowest BCUT2D eigenvalue weighted by molar-refractivity contribution is 0.215. The standard InChI is InChI=1S/C10H9F2IN2O2S/c1-6-14-8-5-7(3-4-9(8)15(6)2)18(16,17)10(11,12)13/h3-5H,1-2H3. The fraction of sp³-hybridized carbons (Fsp3) is 0.300. The van der Waals surface area contributed by atoms with Crippen LogP contribution in [0.1, 0.15) is 5.82 Å². The van der Waals surface area contributed by atoms with Crippen molar-refractivity contribution in [2.24, 2.45) is 7.05 Å². The Morgan fingerprint density at radius 3 is 2.56 bits per heavy atom. The van der Waals surface area contributed by atoms with E-state index in [1.165, 1.54) is 18.2 Å². The van der Waals surface area contributed by atoms with Crippen LogP contribution in [0, 0.1) is 6.92 Å². The summed E-state index contributed by atoms with van der Waals surface area (Å²) in [6.07, 6.45) is 0. The normalized spacial score (nSPS) is 13.2. The predicted octanol–water partition coefficient (Wildman–Crippen LogP) is 2.64. The Morgan fingerprint density at radius 1 is 1.39 bits per heavy atom. The number of fused-ring (bicyclic) bond motifs is 1. The minimum Gasteiger partial charge on any atom is -0.331 e. The molecule has 2 rings (SSSR count). The second-order valence-corrected chi connectivity index (χ2v) is 7.90. The van der Waals surface area contributed by atoms with E-state index in [1.807, 2.05) is 0 Å². The van der Waals surface area contributed by atoms with E-state index in [0.717, 1.165) is 0 Å². The molecule has 0 bridgehead atoms. The van der Waals surface area contributed by atoms with Gasteiger partial charge in [0.15, 0.2) is 0 Å². The monoisotopic (exact) mass is 386 g/mol. The third-order valence-corrected chi connectivity index (χ3v) is 5.91. The van der Waals surface area contributed by atoms with Crippen molar-refractivity contribution in [3.05, 3.63) is 24.0 Å². The van der Waals surface area contributed by atoms with E-state index in [1.54, 1.807) is 18.5 Å². The maximum absolute atomic E-state index is 13.0. The van der Waals surface area contributed by atoms with Gasteiger partial charge in [-0.25, -0.2) is 13.4 Å². The highest BCUT2D eigenvalue weighted by molar-refractivity contribution is 14.1. The first-order chi connectivity index (χ1) is 8.14. The van der Waals surface area contributed by atoms with Crippen molar-refractivity contribution in [1.82, 2.24) is 9.55 Å². The first kappa shape index (κ1) is 13.7. The number of aromatic nitrogens is 2. The Hall–Kier alpha value is -0.770. The second-order valence-electron chi connectivity index (χ2n) is 3.82. The molecule has 2 aromatic rings. The van der Waals surface area contributed by atoms with Gasteiger partial charge >= 0.3 is 3.26 Å². The molecule has 0 saturated heterocycles. The Kier molecular flexibility index (Phi) is 3.13. The summed E-state index contributed by atoms with van der Waals surface area (Å²) >= 11 is 0.612. The molecule has 0 aliphatic heterocycles. The molecule has 4 nitrogen and oxygen atoms in total. The zero-order chi connectivity index (χ0) is 13.7. The van der Waals surface area contributed by atoms with Crippen molar-refractivity contribution in [3.8, 4) is 0 Å². The molecule has 0 aliphatic carbocycles. The predicted molar refractivity (Wildman–Crippen MR) is 71.6 cm³/mol. The van der Waals surface area contributed by atoms with Crippen LogP contribution in [0.25, 0.3) is 11.0 Å². The molecule has 0 atom stereocenters. The molecular formula is C10H9F2IN2O2S. The Bertz CT molecular complexity index is 719. The Morgan fingerprint density at radius 2 is 2.00 bits per heavy atom. The number of aryl methyl sites for hydroxylation is 2. The zero-order valence-corrected chi connectivity index (χ0v) is 12.5. The summed E-state index contributed by atoms with van der Waals surface area (Å²) in [6.45, 7) is 1.75. The molecule has 0 amide bonds. The molecular weight excluding hydrogens is 377 g/mol. The van der Waals surface area contributed by atoms with E-state index in [0.29, 0.717) is 39.4 Å². The van der Waals surface area contributed by atoms with Crippen molar-refractivity contribution in [1.29, 1.82) is 0 Å².